The van der Waals surface area contributed by atoms with Crippen LogP contribution < -0.4 is 20.7 Å². The number of nitrogens with zero attached hydrogens (tertiary/aromatic N) is 1. The third-order valence-electron chi connectivity index (χ3n) is 3.75. The van der Waals surface area contributed by atoms with Gasteiger partial charge in [-0.1, -0.05) is 24.3 Å². The number of hydrogen-bond acceptors (Lipinski definition) is 3. The van der Waals surface area contributed by atoms with Crippen LogP contribution in [-0.4, -0.2) is 37.6 Å². The number of benzene rings is 1. The number of carbonyl (C=O) groups is 1. The summed E-state index contributed by atoms with van der Waals surface area (Å²) in [5.74, 6) is 1.39. The van der Waals surface area contributed by atoms with Crippen LogP contribution >= 0.6 is 0 Å². The van der Waals surface area contributed by atoms with E-state index in [1.165, 1.54) is 0 Å². The van der Waals surface area contributed by atoms with Gasteiger partial charge in [0.1, 0.15) is 5.75 Å². The van der Waals surface area contributed by atoms with Gasteiger partial charge in [0.2, 0.25) is 0 Å². The Balaban J connectivity index is 1.90. The first kappa shape index (κ1) is 18.8. The molecule has 0 unspecified atom stereocenters. The Bertz CT molecular complexity index is 605. The molecule has 6 heteroatoms. The minimum absolute atomic E-state index is 0.0272. The van der Waals surface area contributed by atoms with Crippen molar-refractivity contribution in [2.75, 3.05) is 19.7 Å². The summed E-state index contributed by atoms with van der Waals surface area (Å²) in [6.45, 7) is 5.94. The molecule has 1 aliphatic rings. The van der Waals surface area contributed by atoms with Crippen LogP contribution in [0.5, 0.6) is 5.75 Å². The SMILES string of the molecule is CCNC(=O)COc1cccc(CN=C(NCC)NC2CC=CC2)c1. The molecule has 2 rings (SSSR count). The van der Waals surface area contributed by atoms with Gasteiger partial charge in [-0.25, -0.2) is 4.99 Å². The lowest BCUT2D eigenvalue weighted by molar-refractivity contribution is -0.122. The Labute approximate surface area is 149 Å². The zero-order chi connectivity index (χ0) is 17.9. The lowest BCUT2D eigenvalue weighted by Gasteiger charge is -2.16. The first-order valence-electron chi connectivity index (χ1n) is 8.89. The molecule has 25 heavy (non-hydrogen) atoms. The van der Waals surface area contributed by atoms with E-state index in [4.69, 9.17) is 4.74 Å². The van der Waals surface area contributed by atoms with Crippen molar-refractivity contribution in [3.05, 3.63) is 42.0 Å². The van der Waals surface area contributed by atoms with Crippen LogP contribution in [-0.2, 0) is 11.3 Å². The van der Waals surface area contributed by atoms with Gasteiger partial charge in [-0.2, -0.15) is 0 Å². The standard InChI is InChI=1S/C19H28N4O2/c1-3-20-18(24)14-25-17-11-7-8-15(12-17)13-22-19(21-4-2)23-16-9-5-6-10-16/h5-8,11-12,16H,3-4,9-10,13-14H2,1-2H3,(H,20,24)(H2,21,22,23). The van der Waals surface area contributed by atoms with Crippen LogP contribution in [0.3, 0.4) is 0 Å². The second-order valence-corrected chi connectivity index (χ2v) is 5.87. The zero-order valence-electron chi connectivity index (χ0n) is 15.0. The number of aliphatic imine (C=N–C) groups is 1. The van der Waals surface area contributed by atoms with Crippen LogP contribution in [0.2, 0.25) is 0 Å². The van der Waals surface area contributed by atoms with Gasteiger partial charge in [-0.15, -0.1) is 0 Å². The van der Waals surface area contributed by atoms with Crippen LogP contribution in [0.4, 0.5) is 0 Å². The van der Waals surface area contributed by atoms with Gasteiger partial charge in [-0.05, 0) is 44.4 Å². The van der Waals surface area contributed by atoms with Gasteiger partial charge in [-0.3, -0.25) is 4.79 Å². The molecule has 1 aromatic carbocycles. The third-order valence-corrected chi connectivity index (χ3v) is 3.75. The van der Waals surface area contributed by atoms with Crippen LogP contribution in [0.25, 0.3) is 0 Å². The number of amides is 1. The predicted octanol–water partition coefficient (Wildman–Crippen LogP) is 1.98. The maximum Gasteiger partial charge on any atom is 0.257 e. The van der Waals surface area contributed by atoms with Gasteiger partial charge in [0, 0.05) is 19.1 Å². The highest BCUT2D eigenvalue weighted by atomic mass is 16.5. The maximum atomic E-state index is 11.5. The summed E-state index contributed by atoms with van der Waals surface area (Å²) >= 11 is 0. The summed E-state index contributed by atoms with van der Waals surface area (Å²) < 4.78 is 5.52. The summed E-state index contributed by atoms with van der Waals surface area (Å²) in [6, 6.07) is 8.11. The zero-order valence-corrected chi connectivity index (χ0v) is 15.0. The molecule has 0 bridgehead atoms. The lowest BCUT2D eigenvalue weighted by Crippen LogP contribution is -2.42. The molecule has 0 aliphatic heterocycles. The van der Waals surface area contributed by atoms with E-state index in [1.807, 2.05) is 31.2 Å². The van der Waals surface area contributed by atoms with Crippen molar-refractivity contribution in [1.29, 1.82) is 0 Å². The van der Waals surface area contributed by atoms with E-state index in [0.717, 1.165) is 30.9 Å². The van der Waals surface area contributed by atoms with Crippen LogP contribution in [0, 0.1) is 0 Å². The van der Waals surface area contributed by atoms with Gasteiger partial charge in [0.25, 0.3) is 5.91 Å². The topological polar surface area (TPSA) is 74.8 Å². The molecule has 0 aromatic heterocycles. The van der Waals surface area contributed by atoms with Gasteiger partial charge < -0.3 is 20.7 Å². The smallest absolute Gasteiger partial charge is 0.257 e. The third kappa shape index (κ3) is 6.87. The molecule has 0 fully saturated rings. The Hall–Kier alpha value is -2.50. The minimum Gasteiger partial charge on any atom is -0.484 e. The van der Waals surface area contributed by atoms with E-state index in [-0.39, 0.29) is 12.5 Å². The van der Waals surface area contributed by atoms with Crippen molar-refractivity contribution in [3.63, 3.8) is 0 Å². The van der Waals surface area contributed by atoms with Crippen LogP contribution in [0.1, 0.15) is 32.3 Å². The fourth-order valence-corrected chi connectivity index (χ4v) is 2.55. The Morgan fingerprint density at radius 1 is 1.20 bits per heavy atom. The molecule has 0 radical (unpaired) electrons. The molecule has 1 aromatic rings. The minimum atomic E-state index is -0.116. The molecule has 0 atom stereocenters. The second-order valence-electron chi connectivity index (χ2n) is 5.87. The summed E-state index contributed by atoms with van der Waals surface area (Å²) in [6.07, 6.45) is 6.45. The summed E-state index contributed by atoms with van der Waals surface area (Å²) in [7, 11) is 0. The van der Waals surface area contributed by atoms with E-state index in [1.54, 1.807) is 0 Å². The van der Waals surface area contributed by atoms with Gasteiger partial charge in [0.15, 0.2) is 12.6 Å². The molecule has 0 heterocycles. The van der Waals surface area contributed by atoms with Gasteiger partial charge >= 0.3 is 0 Å². The van der Waals surface area contributed by atoms with Crippen molar-refractivity contribution in [1.82, 2.24) is 16.0 Å². The van der Waals surface area contributed by atoms with Crippen molar-refractivity contribution in [3.8, 4) is 5.75 Å². The van der Waals surface area contributed by atoms with Crippen molar-refractivity contribution >= 4 is 11.9 Å². The van der Waals surface area contributed by atoms with Crippen molar-refractivity contribution in [2.24, 2.45) is 4.99 Å². The first-order valence-corrected chi connectivity index (χ1v) is 8.89. The molecule has 1 amide bonds. The molecule has 0 saturated carbocycles. The molecule has 6 nitrogen and oxygen atoms in total. The highest BCUT2D eigenvalue weighted by molar-refractivity contribution is 5.80. The second kappa shape index (κ2) is 10.4. The van der Waals surface area contributed by atoms with E-state index in [9.17, 15) is 4.79 Å². The maximum absolute atomic E-state index is 11.5. The molecule has 0 saturated heterocycles. The normalized spacial score (nSPS) is 14.4. The average Bonchev–Trinajstić information content (AvgIpc) is 3.12. The van der Waals surface area contributed by atoms with Gasteiger partial charge in [0.05, 0.1) is 6.54 Å². The fraction of sp³-hybridized carbons (Fsp3) is 0.474. The lowest BCUT2D eigenvalue weighted by atomic mass is 10.2. The molecular formula is C19H28N4O2. The monoisotopic (exact) mass is 344 g/mol. The average molecular weight is 344 g/mol. The fourth-order valence-electron chi connectivity index (χ4n) is 2.55. The summed E-state index contributed by atoms with van der Waals surface area (Å²) in [5, 5.41) is 9.43. The Morgan fingerprint density at radius 2 is 1.96 bits per heavy atom. The Morgan fingerprint density at radius 3 is 2.68 bits per heavy atom. The summed E-state index contributed by atoms with van der Waals surface area (Å²) in [5.41, 5.74) is 1.04. The Kier molecular flexibility index (Phi) is 7.82. The number of nitrogens with one attached hydrogen (secondary N) is 3. The molecular weight excluding hydrogens is 316 g/mol. The quantitative estimate of drug-likeness (QED) is 0.383. The van der Waals surface area contributed by atoms with E-state index >= 15 is 0 Å². The van der Waals surface area contributed by atoms with Crippen molar-refractivity contribution < 1.29 is 9.53 Å². The summed E-state index contributed by atoms with van der Waals surface area (Å²) in [4.78, 5) is 16.1. The number of guanidine groups is 1. The highest BCUT2D eigenvalue weighted by Crippen LogP contribution is 2.14. The van der Waals surface area contributed by atoms with E-state index in [0.29, 0.717) is 24.9 Å². The largest absolute Gasteiger partial charge is 0.484 e. The molecule has 1 aliphatic carbocycles. The van der Waals surface area contributed by atoms with Crippen molar-refractivity contribution in [2.45, 2.75) is 39.3 Å². The van der Waals surface area contributed by atoms with Crippen LogP contribution in [0.15, 0.2) is 41.4 Å². The number of carbonyl (C=O) groups excluding carboxylic acids is 1. The number of ether oxygens (including phenoxy) is 1. The number of hydrogen-bond donors (Lipinski definition) is 3. The van der Waals surface area contributed by atoms with E-state index < -0.39 is 0 Å². The highest BCUT2D eigenvalue weighted by Gasteiger charge is 2.11. The molecule has 0 spiro atoms. The molecule has 136 valence electrons. The van der Waals surface area contributed by atoms with E-state index in [2.05, 4.69) is 40.0 Å². The molecule has 3 N–H and O–H groups in total. The first-order chi connectivity index (χ1) is 12.2. The number of likely N-dealkylation sites (N-methyl/N-ethyl adjacent to an activating group) is 1. The number of rotatable bonds is 8. The predicted molar refractivity (Wildman–Crippen MR) is 101 cm³/mol.